The Kier molecular flexibility index (Phi) is 14.4. The fourth-order valence-corrected chi connectivity index (χ4v) is 8.27. The zero-order chi connectivity index (χ0) is 42.3. The Bertz CT molecular complexity index is 1940. The van der Waals surface area contributed by atoms with Crippen LogP contribution in [0.3, 0.4) is 0 Å². The van der Waals surface area contributed by atoms with Crippen LogP contribution in [0.5, 0.6) is 17.2 Å². The average molecular weight is 833 g/mol. The number of amides is 2. The van der Waals surface area contributed by atoms with E-state index in [0.29, 0.717) is 71.8 Å². The van der Waals surface area contributed by atoms with Crippen molar-refractivity contribution < 1.29 is 58.6 Å². The summed E-state index contributed by atoms with van der Waals surface area (Å²) in [6, 6.07) is 18.8. The van der Waals surface area contributed by atoms with Gasteiger partial charge >= 0.3 is 17.9 Å². The molecule has 15 nitrogen and oxygen atoms in total. The summed E-state index contributed by atoms with van der Waals surface area (Å²) in [6.07, 6.45) is -0.510. The first kappa shape index (κ1) is 44.6. The Labute approximate surface area is 339 Å². The fraction of sp³-hybridized carbons (Fsp3) is 0.425. The molecular weight excluding hydrogens is 785 g/mol. The summed E-state index contributed by atoms with van der Waals surface area (Å²) >= 11 is 13.0. The number of aliphatic carboxylic acids is 3. The number of benzene rings is 3. The topological polar surface area (TPSA) is 226 Å². The normalized spacial score (nSPS) is 20.8. The van der Waals surface area contributed by atoms with Crippen LogP contribution >= 0.6 is 23.2 Å². The minimum absolute atomic E-state index is 0.121. The lowest BCUT2D eigenvalue weighted by Crippen LogP contribution is -2.61. The summed E-state index contributed by atoms with van der Waals surface area (Å²) in [5, 5.41) is 34.7. The second kappa shape index (κ2) is 18.4. The number of carboxylic acids is 3. The third kappa shape index (κ3) is 9.39. The molecule has 0 saturated carbocycles. The molecule has 5 rings (SSSR count). The first-order chi connectivity index (χ1) is 26.9. The van der Waals surface area contributed by atoms with Crippen LogP contribution in [0.25, 0.3) is 0 Å². The molecule has 3 atom stereocenters. The molecule has 3 unspecified atom stereocenters. The van der Waals surface area contributed by atoms with Gasteiger partial charge in [-0.05, 0) is 67.7 Å². The van der Waals surface area contributed by atoms with Gasteiger partial charge in [-0.15, -0.1) is 0 Å². The number of piperidine rings is 1. The van der Waals surface area contributed by atoms with Gasteiger partial charge in [0.05, 0.1) is 49.6 Å². The van der Waals surface area contributed by atoms with Crippen LogP contribution in [0.15, 0.2) is 60.7 Å². The number of carbonyl (C=O) groups is 5. The average Bonchev–Trinajstić information content (AvgIpc) is 3.64. The minimum Gasteiger partial charge on any atom is -0.493 e. The van der Waals surface area contributed by atoms with Gasteiger partial charge in [-0.25, -0.2) is 4.79 Å². The van der Waals surface area contributed by atoms with Crippen LogP contribution in [0, 0.1) is 0 Å². The zero-order valence-corrected chi connectivity index (χ0v) is 33.5. The lowest BCUT2D eigenvalue weighted by Gasteiger charge is -2.52. The number of hydrogen-bond acceptors (Lipinski definition) is 10. The molecule has 0 spiro atoms. The minimum atomic E-state index is -2.74. The van der Waals surface area contributed by atoms with Crippen LogP contribution in [0.1, 0.15) is 60.5 Å². The van der Waals surface area contributed by atoms with E-state index in [9.17, 15) is 24.0 Å². The predicted molar refractivity (Wildman–Crippen MR) is 209 cm³/mol. The molecule has 2 aliphatic rings. The van der Waals surface area contributed by atoms with Gasteiger partial charge < -0.3 is 45.3 Å². The van der Waals surface area contributed by atoms with Gasteiger partial charge in [-0.2, -0.15) is 0 Å². The Hall–Kier alpha value is -5.09. The van der Waals surface area contributed by atoms with Crippen LogP contribution in [-0.4, -0.2) is 119 Å². The van der Waals surface area contributed by atoms with Crippen molar-refractivity contribution in [2.45, 2.75) is 61.5 Å². The third-order valence-corrected chi connectivity index (χ3v) is 11.7. The predicted octanol–water partition coefficient (Wildman–Crippen LogP) is 4.46. The molecule has 2 aliphatic heterocycles. The molecule has 3 aromatic carbocycles. The van der Waals surface area contributed by atoms with Gasteiger partial charge in [-0.3, -0.25) is 24.1 Å². The summed E-state index contributed by atoms with van der Waals surface area (Å²) in [7, 11) is 4.58. The summed E-state index contributed by atoms with van der Waals surface area (Å²) in [4.78, 5) is 62.3. The van der Waals surface area contributed by atoms with Crippen molar-refractivity contribution in [2.75, 3.05) is 47.5 Å². The number of nitrogens with zero attached hydrogens (tertiary/aromatic N) is 2. The number of carbonyl (C=O) groups excluding carboxylic acids is 2. The summed E-state index contributed by atoms with van der Waals surface area (Å²) in [5.74, 6) is -4.28. The van der Waals surface area contributed by atoms with Crippen molar-refractivity contribution in [3.63, 3.8) is 0 Å². The molecule has 2 fully saturated rings. The van der Waals surface area contributed by atoms with Crippen LogP contribution < -0.4 is 19.9 Å². The monoisotopic (exact) mass is 831 g/mol. The molecular formula is C40H47Cl2N3O12. The number of rotatable bonds is 14. The van der Waals surface area contributed by atoms with Crippen molar-refractivity contribution >= 4 is 52.9 Å². The Balaban J connectivity index is 0.000000476. The second-order valence-electron chi connectivity index (χ2n) is 14.1. The van der Waals surface area contributed by atoms with Crippen molar-refractivity contribution in [2.24, 2.45) is 5.73 Å². The number of carboxylic acid groups (broad SMARTS) is 3. The molecule has 3 aromatic rings. The highest BCUT2D eigenvalue weighted by Crippen LogP contribution is 2.50. The number of primary amides is 1. The molecule has 0 radical (unpaired) electrons. The van der Waals surface area contributed by atoms with Crippen LogP contribution in [0.2, 0.25) is 10.0 Å². The number of aliphatic hydroxyl groups is 1. The molecule has 308 valence electrons. The van der Waals surface area contributed by atoms with Crippen molar-refractivity contribution in [1.82, 2.24) is 9.80 Å². The number of likely N-dealkylation sites (N-methyl/N-ethyl adjacent to an activating group) is 1. The molecule has 6 N–H and O–H groups in total. The number of likely N-dealkylation sites (tertiary alicyclic amines) is 2. The summed E-state index contributed by atoms with van der Waals surface area (Å²) in [6.45, 7) is 4.49. The lowest BCUT2D eigenvalue weighted by atomic mass is 9.61. The van der Waals surface area contributed by atoms with E-state index >= 15 is 0 Å². The second-order valence-corrected chi connectivity index (χ2v) is 14.9. The largest absolute Gasteiger partial charge is 0.493 e. The van der Waals surface area contributed by atoms with Crippen molar-refractivity contribution in [3.8, 4) is 17.2 Å². The maximum atomic E-state index is 14.2. The highest BCUT2D eigenvalue weighted by molar-refractivity contribution is 6.42. The van der Waals surface area contributed by atoms with E-state index in [1.807, 2.05) is 53.4 Å². The van der Waals surface area contributed by atoms with E-state index in [-0.39, 0.29) is 17.9 Å². The maximum Gasteiger partial charge on any atom is 0.336 e. The molecule has 2 saturated heterocycles. The van der Waals surface area contributed by atoms with Crippen LogP contribution in [0.4, 0.5) is 0 Å². The fourth-order valence-electron chi connectivity index (χ4n) is 7.97. The Morgan fingerprint density at radius 2 is 1.42 bits per heavy atom. The Morgan fingerprint density at radius 1 is 0.825 bits per heavy atom. The number of ether oxygens (including phenoxy) is 3. The van der Waals surface area contributed by atoms with Crippen molar-refractivity contribution in [3.05, 3.63) is 87.4 Å². The molecule has 0 bridgehead atoms. The smallest absolute Gasteiger partial charge is 0.336 e. The molecule has 2 heterocycles. The number of halogens is 2. The Morgan fingerprint density at radius 3 is 1.89 bits per heavy atom. The maximum absolute atomic E-state index is 14.2. The molecule has 0 aromatic heterocycles. The van der Waals surface area contributed by atoms with E-state index in [1.165, 1.54) is 21.3 Å². The highest BCUT2D eigenvalue weighted by Gasteiger charge is 2.55. The van der Waals surface area contributed by atoms with Gasteiger partial charge in [0, 0.05) is 30.1 Å². The summed E-state index contributed by atoms with van der Waals surface area (Å²) < 4.78 is 16.5. The summed E-state index contributed by atoms with van der Waals surface area (Å²) in [5.41, 5.74) is 4.41. The van der Waals surface area contributed by atoms with Gasteiger partial charge in [0.25, 0.3) is 5.91 Å². The quantitative estimate of drug-likeness (QED) is 0.151. The number of methoxy groups -OCH3 is 3. The molecule has 0 aliphatic carbocycles. The number of hydrogen-bond donors (Lipinski definition) is 5. The van der Waals surface area contributed by atoms with Crippen molar-refractivity contribution in [1.29, 1.82) is 0 Å². The van der Waals surface area contributed by atoms with Gasteiger partial charge in [0.15, 0.2) is 17.1 Å². The highest BCUT2D eigenvalue weighted by atomic mass is 35.5. The zero-order valence-electron chi connectivity index (χ0n) is 32.0. The molecule has 2 amide bonds. The van der Waals surface area contributed by atoms with Gasteiger partial charge in [0.2, 0.25) is 11.7 Å². The molecule has 57 heavy (non-hydrogen) atoms. The third-order valence-electron chi connectivity index (χ3n) is 10.9. The van der Waals surface area contributed by atoms with E-state index in [4.69, 9.17) is 63.6 Å². The van der Waals surface area contributed by atoms with Gasteiger partial charge in [-0.1, -0.05) is 66.5 Å². The van der Waals surface area contributed by atoms with Gasteiger partial charge in [0.1, 0.15) is 0 Å². The van der Waals surface area contributed by atoms with Crippen LogP contribution in [-0.2, 0) is 30.0 Å². The van der Waals surface area contributed by atoms with E-state index in [1.54, 1.807) is 12.1 Å². The van der Waals surface area contributed by atoms with E-state index in [2.05, 4.69) is 11.8 Å². The lowest BCUT2D eigenvalue weighted by molar-refractivity contribution is -0.170. The van der Waals surface area contributed by atoms with E-state index < -0.39 is 47.2 Å². The number of nitrogens with two attached hydrogens (primary N) is 1. The first-order valence-corrected chi connectivity index (χ1v) is 18.7. The first-order valence-electron chi connectivity index (χ1n) is 18.0. The SMILES string of the molecule is CCN1CCC(C(N)=O)(c2ccccc2)CC1C1(c2ccc(Cl)c(Cl)c2)CCN(C(=O)c2cc(OC)c(OC)c(OC)c2)C1.O=C(O)CC(O)(CC(=O)O)C(=O)O. The van der Waals surface area contributed by atoms with E-state index in [0.717, 1.165) is 17.7 Å². The standard InChI is InChI=1S/C34H39Cl2N3O5.C6H8O7/c1-5-38-15-13-33(32(37)41,23-9-7-6-8-10-23)20-29(38)34(24-11-12-25(35)26(36)19-24)14-16-39(21-34)31(40)22-17-27(42-2)30(44-4)28(18-22)43-3;7-3(8)1-6(13,5(11)12)2-4(9)10/h6-12,17-19,29H,5,13-16,20-21H2,1-4H3,(H2,37,41);13H,1-2H2,(H,7,8)(H,9,10)(H,11,12). The molecule has 17 heteroatoms.